The first-order chi connectivity index (χ1) is 8.95. The highest BCUT2D eigenvalue weighted by Crippen LogP contribution is 2.29. The van der Waals surface area contributed by atoms with Crippen molar-refractivity contribution in [3.05, 3.63) is 46.1 Å². The Hall–Kier alpha value is -1.78. The SMILES string of the molecule is Nc1cc(CC(=O)O)cnc1-c1cc(Cl)cc(Cl)c1. The molecular weight excluding hydrogens is 287 g/mol. The highest BCUT2D eigenvalue weighted by atomic mass is 35.5. The van der Waals surface area contributed by atoms with Crippen LogP contribution in [0.3, 0.4) is 0 Å². The zero-order chi connectivity index (χ0) is 14.0. The van der Waals surface area contributed by atoms with E-state index in [0.29, 0.717) is 32.6 Å². The molecule has 0 radical (unpaired) electrons. The van der Waals surface area contributed by atoms with Gasteiger partial charge in [0.05, 0.1) is 17.8 Å². The van der Waals surface area contributed by atoms with Gasteiger partial charge < -0.3 is 10.8 Å². The van der Waals surface area contributed by atoms with E-state index in [9.17, 15) is 4.79 Å². The largest absolute Gasteiger partial charge is 0.481 e. The lowest BCUT2D eigenvalue weighted by molar-refractivity contribution is -0.136. The predicted molar refractivity (Wildman–Crippen MR) is 75.4 cm³/mol. The Morgan fingerprint density at radius 2 is 1.84 bits per heavy atom. The van der Waals surface area contributed by atoms with Crippen LogP contribution in [0.2, 0.25) is 10.0 Å². The van der Waals surface area contributed by atoms with E-state index in [1.54, 1.807) is 24.3 Å². The van der Waals surface area contributed by atoms with Gasteiger partial charge in [-0.05, 0) is 29.8 Å². The van der Waals surface area contributed by atoms with Gasteiger partial charge >= 0.3 is 5.97 Å². The standard InChI is InChI=1S/C13H10Cl2N2O2/c14-9-3-8(4-10(15)5-9)13-11(16)1-7(6-17-13)2-12(18)19/h1,3-6H,2,16H2,(H,18,19). The number of aromatic nitrogens is 1. The normalized spacial score (nSPS) is 10.4. The third-order valence-corrected chi connectivity index (χ3v) is 2.90. The Bertz CT molecular complexity index is 624. The molecule has 0 bridgehead atoms. The third kappa shape index (κ3) is 3.36. The van der Waals surface area contributed by atoms with Crippen molar-refractivity contribution >= 4 is 34.9 Å². The number of nitrogens with two attached hydrogens (primary N) is 1. The number of nitrogens with zero attached hydrogens (tertiary/aromatic N) is 1. The molecule has 0 atom stereocenters. The summed E-state index contributed by atoms with van der Waals surface area (Å²) in [7, 11) is 0. The fourth-order valence-electron chi connectivity index (χ4n) is 1.73. The van der Waals surface area contributed by atoms with E-state index in [4.69, 9.17) is 34.0 Å². The summed E-state index contributed by atoms with van der Waals surface area (Å²) in [5.74, 6) is -0.931. The summed E-state index contributed by atoms with van der Waals surface area (Å²) < 4.78 is 0. The fourth-order valence-corrected chi connectivity index (χ4v) is 2.26. The van der Waals surface area contributed by atoms with Crippen molar-refractivity contribution in [2.45, 2.75) is 6.42 Å². The van der Waals surface area contributed by atoms with E-state index >= 15 is 0 Å². The summed E-state index contributed by atoms with van der Waals surface area (Å²) in [6.45, 7) is 0. The van der Waals surface area contributed by atoms with Gasteiger partial charge in [-0.2, -0.15) is 0 Å². The zero-order valence-corrected chi connectivity index (χ0v) is 11.2. The molecule has 6 heteroatoms. The molecule has 2 aromatic rings. The molecule has 1 aromatic carbocycles. The van der Waals surface area contributed by atoms with E-state index < -0.39 is 5.97 Å². The molecule has 1 aromatic heterocycles. The van der Waals surface area contributed by atoms with Crippen LogP contribution in [0, 0.1) is 0 Å². The van der Waals surface area contributed by atoms with Crippen LogP contribution in [-0.4, -0.2) is 16.1 Å². The van der Waals surface area contributed by atoms with Gasteiger partial charge in [-0.15, -0.1) is 0 Å². The first kappa shape index (κ1) is 13.6. The van der Waals surface area contributed by atoms with Crippen molar-refractivity contribution in [1.82, 2.24) is 4.98 Å². The molecule has 98 valence electrons. The highest BCUT2D eigenvalue weighted by Gasteiger charge is 2.09. The van der Waals surface area contributed by atoms with Gasteiger partial charge in [0.15, 0.2) is 0 Å². The minimum absolute atomic E-state index is 0.117. The van der Waals surface area contributed by atoms with E-state index in [2.05, 4.69) is 4.98 Å². The van der Waals surface area contributed by atoms with Gasteiger partial charge in [0.25, 0.3) is 0 Å². The van der Waals surface area contributed by atoms with Crippen molar-refractivity contribution in [1.29, 1.82) is 0 Å². The van der Waals surface area contributed by atoms with Gasteiger partial charge in [0, 0.05) is 21.8 Å². The number of pyridine rings is 1. The van der Waals surface area contributed by atoms with Crippen molar-refractivity contribution in [3.8, 4) is 11.3 Å². The monoisotopic (exact) mass is 296 g/mol. The molecule has 0 aliphatic rings. The van der Waals surface area contributed by atoms with E-state index in [1.807, 2.05) is 0 Å². The minimum Gasteiger partial charge on any atom is -0.481 e. The van der Waals surface area contributed by atoms with E-state index in [0.717, 1.165) is 0 Å². The number of rotatable bonds is 3. The average Bonchev–Trinajstić information content (AvgIpc) is 2.26. The van der Waals surface area contributed by atoms with Crippen LogP contribution < -0.4 is 5.73 Å². The number of nitrogen functional groups attached to an aromatic ring is 1. The number of carboxylic acid groups (broad SMARTS) is 1. The molecule has 0 unspecified atom stereocenters. The average molecular weight is 297 g/mol. The fraction of sp³-hybridized carbons (Fsp3) is 0.0769. The lowest BCUT2D eigenvalue weighted by Crippen LogP contribution is -2.02. The molecule has 0 saturated heterocycles. The Labute approximate surface area is 119 Å². The Kier molecular flexibility index (Phi) is 3.93. The zero-order valence-electron chi connectivity index (χ0n) is 9.73. The molecule has 0 aliphatic heterocycles. The summed E-state index contributed by atoms with van der Waals surface area (Å²) in [6.07, 6.45) is 1.36. The smallest absolute Gasteiger partial charge is 0.307 e. The lowest BCUT2D eigenvalue weighted by Gasteiger charge is -2.07. The Morgan fingerprint density at radius 1 is 1.21 bits per heavy atom. The minimum atomic E-state index is -0.931. The number of carboxylic acids is 1. The maximum atomic E-state index is 10.6. The summed E-state index contributed by atoms with van der Waals surface area (Å²) in [5.41, 5.74) is 8.04. The van der Waals surface area contributed by atoms with Crippen LogP contribution in [-0.2, 0) is 11.2 Å². The molecule has 4 nitrogen and oxygen atoms in total. The van der Waals surface area contributed by atoms with Gasteiger partial charge in [-0.1, -0.05) is 23.2 Å². The van der Waals surface area contributed by atoms with Crippen molar-refractivity contribution in [2.75, 3.05) is 5.73 Å². The molecule has 0 amide bonds. The second kappa shape index (κ2) is 5.47. The van der Waals surface area contributed by atoms with E-state index in [1.165, 1.54) is 6.20 Å². The second-order valence-electron chi connectivity index (χ2n) is 4.01. The second-order valence-corrected chi connectivity index (χ2v) is 4.88. The van der Waals surface area contributed by atoms with Crippen LogP contribution in [0.5, 0.6) is 0 Å². The highest BCUT2D eigenvalue weighted by molar-refractivity contribution is 6.35. The van der Waals surface area contributed by atoms with Crippen molar-refractivity contribution < 1.29 is 9.90 Å². The predicted octanol–water partition coefficient (Wildman–Crippen LogP) is 3.26. The molecular formula is C13H10Cl2N2O2. The molecule has 19 heavy (non-hydrogen) atoms. The van der Waals surface area contributed by atoms with Crippen LogP contribution in [0.4, 0.5) is 5.69 Å². The Morgan fingerprint density at radius 3 is 2.37 bits per heavy atom. The molecule has 0 aliphatic carbocycles. The maximum Gasteiger partial charge on any atom is 0.307 e. The summed E-state index contributed by atoms with van der Waals surface area (Å²) >= 11 is 11.8. The lowest BCUT2D eigenvalue weighted by atomic mass is 10.1. The molecule has 3 N–H and O–H groups in total. The maximum absolute atomic E-state index is 10.6. The quantitative estimate of drug-likeness (QED) is 0.911. The molecule has 2 rings (SSSR count). The summed E-state index contributed by atoms with van der Waals surface area (Å²) in [5, 5.41) is 9.68. The Balaban J connectivity index is 2.42. The number of benzene rings is 1. The van der Waals surface area contributed by atoms with Crippen molar-refractivity contribution in [3.63, 3.8) is 0 Å². The number of hydrogen-bond acceptors (Lipinski definition) is 3. The van der Waals surface area contributed by atoms with Crippen LogP contribution in [0.15, 0.2) is 30.5 Å². The molecule has 0 fully saturated rings. The van der Waals surface area contributed by atoms with Crippen LogP contribution in [0.1, 0.15) is 5.56 Å². The van der Waals surface area contributed by atoms with Crippen LogP contribution >= 0.6 is 23.2 Å². The molecule has 0 saturated carbocycles. The van der Waals surface area contributed by atoms with Gasteiger partial charge in [-0.25, -0.2) is 0 Å². The number of carbonyl (C=O) groups is 1. The van der Waals surface area contributed by atoms with Crippen LogP contribution in [0.25, 0.3) is 11.3 Å². The van der Waals surface area contributed by atoms with Gasteiger partial charge in [-0.3, -0.25) is 9.78 Å². The van der Waals surface area contributed by atoms with E-state index in [-0.39, 0.29) is 6.42 Å². The van der Waals surface area contributed by atoms with Gasteiger partial charge in [0.2, 0.25) is 0 Å². The number of aliphatic carboxylic acids is 1. The first-order valence-electron chi connectivity index (χ1n) is 5.38. The summed E-state index contributed by atoms with van der Waals surface area (Å²) in [4.78, 5) is 14.8. The first-order valence-corrected chi connectivity index (χ1v) is 6.14. The molecule has 1 heterocycles. The number of halogens is 2. The van der Waals surface area contributed by atoms with Gasteiger partial charge in [0.1, 0.15) is 0 Å². The number of hydrogen-bond donors (Lipinski definition) is 2. The number of anilines is 1. The third-order valence-electron chi connectivity index (χ3n) is 2.47. The summed E-state index contributed by atoms with van der Waals surface area (Å²) in [6, 6.07) is 6.60. The topological polar surface area (TPSA) is 76.2 Å². The van der Waals surface area contributed by atoms with Crippen molar-refractivity contribution in [2.24, 2.45) is 0 Å². The molecule has 0 spiro atoms.